The van der Waals surface area contributed by atoms with Crippen molar-refractivity contribution in [2.45, 2.75) is 58.8 Å². The number of hydrogen-bond donors (Lipinski definition) is 0. The first-order valence-electron chi connectivity index (χ1n) is 7.77. The number of rotatable bonds is 7. The third kappa shape index (κ3) is 3.59. The monoisotopic (exact) mass is 254 g/mol. The summed E-state index contributed by atoms with van der Waals surface area (Å²) in [6, 6.07) is 8.97. The summed E-state index contributed by atoms with van der Waals surface area (Å²) in [7, 11) is 0. The lowest BCUT2D eigenvalue weighted by atomic mass is 9.98. The van der Waals surface area contributed by atoms with Gasteiger partial charge in [-0.15, -0.1) is 0 Å². The molecule has 0 unspecified atom stereocenters. The molecule has 1 aliphatic rings. The summed E-state index contributed by atoms with van der Waals surface area (Å²) in [6.07, 6.45) is 13.5. The summed E-state index contributed by atoms with van der Waals surface area (Å²) in [5, 5.41) is 0. The summed E-state index contributed by atoms with van der Waals surface area (Å²) in [5.74, 6) is 0. The van der Waals surface area contributed by atoms with E-state index in [4.69, 9.17) is 0 Å². The fraction of sp³-hybridized carbons (Fsp3) is 0.474. The van der Waals surface area contributed by atoms with Crippen molar-refractivity contribution in [3.63, 3.8) is 0 Å². The standard InChI is InChI=1S/C19H26/c1-3-5-7-8-13-18-16(11-6-4-2)15-17-12-9-10-14-19(17)18/h4,6,9-10,12,14H,3,5,7-8,11,13,15H2,1-2H3/b6-4+. The highest BCUT2D eigenvalue weighted by Crippen LogP contribution is 2.37. The Balaban J connectivity index is 2.10. The van der Waals surface area contributed by atoms with E-state index in [1.165, 1.54) is 49.7 Å². The van der Waals surface area contributed by atoms with Crippen molar-refractivity contribution in [1.82, 2.24) is 0 Å². The Morgan fingerprint density at radius 1 is 1.11 bits per heavy atom. The van der Waals surface area contributed by atoms with Gasteiger partial charge in [-0.2, -0.15) is 0 Å². The molecular weight excluding hydrogens is 228 g/mol. The zero-order chi connectivity index (χ0) is 13.5. The van der Waals surface area contributed by atoms with Crippen LogP contribution in [0.1, 0.15) is 63.5 Å². The molecule has 0 spiro atoms. The number of benzene rings is 1. The summed E-state index contributed by atoms with van der Waals surface area (Å²) in [4.78, 5) is 0. The van der Waals surface area contributed by atoms with E-state index in [0.29, 0.717) is 0 Å². The molecule has 0 N–H and O–H groups in total. The molecule has 1 aromatic carbocycles. The molecule has 1 aliphatic carbocycles. The van der Waals surface area contributed by atoms with Gasteiger partial charge < -0.3 is 0 Å². The molecule has 0 fully saturated rings. The summed E-state index contributed by atoms with van der Waals surface area (Å²) in [6.45, 7) is 4.39. The zero-order valence-corrected chi connectivity index (χ0v) is 12.4. The normalized spacial score (nSPS) is 14.4. The number of allylic oxidation sites excluding steroid dienone is 4. The molecule has 19 heavy (non-hydrogen) atoms. The molecule has 0 radical (unpaired) electrons. The van der Waals surface area contributed by atoms with Gasteiger partial charge in [0.1, 0.15) is 0 Å². The van der Waals surface area contributed by atoms with Crippen LogP contribution in [0.2, 0.25) is 0 Å². The van der Waals surface area contributed by atoms with Crippen LogP contribution in [0.25, 0.3) is 5.57 Å². The van der Waals surface area contributed by atoms with Crippen LogP contribution < -0.4 is 0 Å². The fourth-order valence-electron chi connectivity index (χ4n) is 2.99. The molecule has 0 saturated carbocycles. The van der Waals surface area contributed by atoms with Gasteiger partial charge >= 0.3 is 0 Å². The van der Waals surface area contributed by atoms with Gasteiger partial charge in [-0.05, 0) is 49.3 Å². The zero-order valence-electron chi connectivity index (χ0n) is 12.4. The predicted octanol–water partition coefficient (Wildman–Crippen LogP) is 5.93. The van der Waals surface area contributed by atoms with Crippen molar-refractivity contribution in [3.8, 4) is 0 Å². The average Bonchev–Trinajstić information content (AvgIpc) is 2.79. The molecule has 0 aliphatic heterocycles. The van der Waals surface area contributed by atoms with Gasteiger partial charge in [0.15, 0.2) is 0 Å². The second-order valence-electron chi connectivity index (χ2n) is 5.50. The highest BCUT2D eigenvalue weighted by Gasteiger charge is 2.19. The number of unbranched alkanes of at least 4 members (excludes halogenated alkanes) is 3. The molecule has 1 aromatic rings. The first-order chi connectivity index (χ1) is 9.36. The van der Waals surface area contributed by atoms with Crippen molar-refractivity contribution in [2.75, 3.05) is 0 Å². The van der Waals surface area contributed by atoms with Crippen molar-refractivity contribution in [3.05, 3.63) is 53.1 Å². The third-order valence-corrected chi connectivity index (χ3v) is 4.05. The van der Waals surface area contributed by atoms with E-state index in [-0.39, 0.29) is 0 Å². The van der Waals surface area contributed by atoms with Gasteiger partial charge in [0.25, 0.3) is 0 Å². The quantitative estimate of drug-likeness (QED) is 0.417. The lowest BCUT2D eigenvalue weighted by Crippen LogP contribution is -1.86. The Kier molecular flexibility index (Phi) is 5.44. The van der Waals surface area contributed by atoms with Gasteiger partial charge in [0.2, 0.25) is 0 Å². The van der Waals surface area contributed by atoms with Crippen molar-refractivity contribution in [2.24, 2.45) is 0 Å². The molecule has 102 valence electrons. The van der Waals surface area contributed by atoms with Crippen LogP contribution in [0, 0.1) is 0 Å². The lowest BCUT2D eigenvalue weighted by Gasteiger charge is -2.07. The molecule has 0 heterocycles. The van der Waals surface area contributed by atoms with Crippen molar-refractivity contribution >= 4 is 5.57 Å². The van der Waals surface area contributed by atoms with Crippen molar-refractivity contribution < 1.29 is 0 Å². The maximum atomic E-state index is 2.31. The summed E-state index contributed by atoms with van der Waals surface area (Å²) < 4.78 is 0. The van der Waals surface area contributed by atoms with Crippen LogP contribution >= 0.6 is 0 Å². The molecule has 0 amide bonds. The van der Waals surface area contributed by atoms with Gasteiger partial charge in [0.05, 0.1) is 0 Å². The van der Waals surface area contributed by atoms with Crippen LogP contribution in [0.3, 0.4) is 0 Å². The van der Waals surface area contributed by atoms with Crippen LogP contribution in [0.15, 0.2) is 42.0 Å². The van der Waals surface area contributed by atoms with E-state index in [1.807, 2.05) is 0 Å². The maximum Gasteiger partial charge on any atom is -0.00519 e. The highest BCUT2D eigenvalue weighted by atomic mass is 14.2. The predicted molar refractivity (Wildman–Crippen MR) is 85.3 cm³/mol. The van der Waals surface area contributed by atoms with Crippen LogP contribution in [0.4, 0.5) is 0 Å². The van der Waals surface area contributed by atoms with E-state index in [9.17, 15) is 0 Å². The maximum absolute atomic E-state index is 2.31. The van der Waals surface area contributed by atoms with Gasteiger partial charge in [-0.1, -0.05) is 68.2 Å². The Hall–Kier alpha value is -1.30. The van der Waals surface area contributed by atoms with E-state index in [1.54, 1.807) is 11.1 Å². The Morgan fingerprint density at radius 2 is 1.95 bits per heavy atom. The van der Waals surface area contributed by atoms with Crippen molar-refractivity contribution in [1.29, 1.82) is 0 Å². The Bertz CT molecular complexity index is 463. The fourth-order valence-corrected chi connectivity index (χ4v) is 2.99. The highest BCUT2D eigenvalue weighted by molar-refractivity contribution is 5.76. The third-order valence-electron chi connectivity index (χ3n) is 4.05. The van der Waals surface area contributed by atoms with Gasteiger partial charge in [0, 0.05) is 0 Å². The van der Waals surface area contributed by atoms with Crippen LogP contribution in [-0.4, -0.2) is 0 Å². The molecular formula is C19H26. The first kappa shape index (κ1) is 14.1. The van der Waals surface area contributed by atoms with Gasteiger partial charge in [-0.25, -0.2) is 0 Å². The largest absolute Gasteiger partial charge is 0.0913 e. The topological polar surface area (TPSA) is 0 Å². The Labute approximate surface area is 118 Å². The number of hydrogen-bond acceptors (Lipinski definition) is 0. The molecule has 2 rings (SSSR count). The minimum Gasteiger partial charge on any atom is -0.0913 e. The van der Waals surface area contributed by atoms with Gasteiger partial charge in [-0.3, -0.25) is 0 Å². The Morgan fingerprint density at radius 3 is 2.74 bits per heavy atom. The van der Waals surface area contributed by atoms with E-state index in [2.05, 4.69) is 50.3 Å². The molecule has 0 heteroatoms. The van der Waals surface area contributed by atoms with E-state index in [0.717, 1.165) is 6.42 Å². The number of fused-ring (bicyclic) bond motifs is 1. The SMILES string of the molecule is C/C=C/CC1=C(CCCCCC)c2ccccc2C1. The molecule has 0 aromatic heterocycles. The smallest absolute Gasteiger partial charge is 0.00519 e. The van der Waals surface area contributed by atoms with Crippen LogP contribution in [0.5, 0.6) is 0 Å². The minimum absolute atomic E-state index is 1.13. The van der Waals surface area contributed by atoms with Crippen LogP contribution in [-0.2, 0) is 6.42 Å². The molecule has 0 bridgehead atoms. The lowest BCUT2D eigenvalue weighted by molar-refractivity contribution is 0.678. The average molecular weight is 254 g/mol. The minimum atomic E-state index is 1.13. The second-order valence-corrected chi connectivity index (χ2v) is 5.50. The molecule has 0 atom stereocenters. The van der Waals surface area contributed by atoms with E-state index >= 15 is 0 Å². The van der Waals surface area contributed by atoms with E-state index < -0.39 is 0 Å². The molecule has 0 saturated heterocycles. The second kappa shape index (κ2) is 7.33. The summed E-state index contributed by atoms with van der Waals surface area (Å²) in [5.41, 5.74) is 6.35. The first-order valence-corrected chi connectivity index (χ1v) is 7.77. The molecule has 0 nitrogen and oxygen atoms in total. The summed E-state index contributed by atoms with van der Waals surface area (Å²) >= 11 is 0.